The second-order valence-electron chi connectivity index (χ2n) is 4.95. The number of nitrogens with one attached hydrogen (secondary N) is 1. The van der Waals surface area contributed by atoms with Gasteiger partial charge in [-0.3, -0.25) is 4.79 Å². The van der Waals surface area contributed by atoms with Crippen molar-refractivity contribution in [1.29, 1.82) is 0 Å². The molecule has 0 aromatic heterocycles. The molecule has 1 atom stereocenters. The fourth-order valence-electron chi connectivity index (χ4n) is 2.34. The predicted octanol–water partition coefficient (Wildman–Crippen LogP) is 2.25. The summed E-state index contributed by atoms with van der Waals surface area (Å²) >= 11 is 0. The lowest BCUT2D eigenvalue weighted by Crippen LogP contribution is -2.45. The van der Waals surface area contributed by atoms with E-state index in [0.29, 0.717) is 12.2 Å². The van der Waals surface area contributed by atoms with Crippen molar-refractivity contribution in [2.24, 2.45) is 0 Å². The lowest BCUT2D eigenvalue weighted by Gasteiger charge is -2.22. The van der Waals surface area contributed by atoms with E-state index >= 15 is 0 Å². The number of ketones is 1. The third kappa shape index (κ3) is 2.33. The number of aryl methyl sites for hydroxylation is 1. The van der Waals surface area contributed by atoms with E-state index in [-0.39, 0.29) is 5.54 Å². The lowest BCUT2D eigenvalue weighted by molar-refractivity contribution is -0.123. The number of rotatable bonds is 3. The van der Waals surface area contributed by atoms with Gasteiger partial charge in [0.1, 0.15) is 0 Å². The number of Topliss-reactive ketones (excluding diaryl/α,β-unsaturated/α-hetero) is 1. The highest BCUT2D eigenvalue weighted by Crippen LogP contribution is 2.21. The number of hydrogen-bond acceptors (Lipinski definition) is 2. The van der Waals surface area contributed by atoms with E-state index in [0.717, 1.165) is 24.9 Å². The van der Waals surface area contributed by atoms with Crippen LogP contribution in [0.5, 0.6) is 0 Å². The maximum Gasteiger partial charge on any atom is 0.156 e. The van der Waals surface area contributed by atoms with Gasteiger partial charge in [0.05, 0.1) is 5.54 Å². The van der Waals surface area contributed by atoms with Gasteiger partial charge < -0.3 is 5.32 Å². The summed E-state index contributed by atoms with van der Waals surface area (Å²) in [5.41, 5.74) is 2.05. The number of carbonyl (C=O) groups is 1. The molecule has 2 heteroatoms. The molecule has 0 spiro atoms. The summed E-state index contributed by atoms with van der Waals surface area (Å²) in [5.74, 6) is 0.315. The highest BCUT2D eigenvalue weighted by Gasteiger charge is 2.35. The minimum absolute atomic E-state index is 0.288. The molecule has 2 rings (SSSR count). The average Bonchev–Trinajstić information content (AvgIpc) is 2.66. The summed E-state index contributed by atoms with van der Waals surface area (Å²) in [6, 6.07) is 8.20. The third-order valence-electron chi connectivity index (χ3n) is 3.43. The fraction of sp³-hybridized carbons (Fsp3) is 0.500. The molecule has 0 saturated carbocycles. The number of hydrogen-bond donors (Lipinski definition) is 1. The highest BCUT2D eigenvalue weighted by molar-refractivity contribution is 5.90. The van der Waals surface area contributed by atoms with E-state index in [4.69, 9.17) is 0 Å². The zero-order chi connectivity index (χ0) is 11.6. The Morgan fingerprint density at radius 2 is 2.31 bits per heavy atom. The van der Waals surface area contributed by atoms with Crippen LogP contribution in [-0.4, -0.2) is 17.9 Å². The van der Waals surface area contributed by atoms with Crippen molar-refractivity contribution in [3.05, 3.63) is 35.4 Å². The first-order valence-electron chi connectivity index (χ1n) is 5.94. The lowest BCUT2D eigenvalue weighted by atomic mass is 9.90. The van der Waals surface area contributed by atoms with Crippen molar-refractivity contribution in [3.8, 4) is 0 Å². The summed E-state index contributed by atoms with van der Waals surface area (Å²) < 4.78 is 0. The molecule has 0 aliphatic carbocycles. The van der Waals surface area contributed by atoms with Gasteiger partial charge in [0.2, 0.25) is 0 Å². The van der Waals surface area contributed by atoms with Gasteiger partial charge in [0, 0.05) is 6.42 Å². The summed E-state index contributed by atoms with van der Waals surface area (Å²) in [4.78, 5) is 12.2. The zero-order valence-electron chi connectivity index (χ0n) is 10.0. The van der Waals surface area contributed by atoms with Crippen LogP contribution in [0, 0.1) is 6.92 Å². The van der Waals surface area contributed by atoms with Crippen LogP contribution in [0.2, 0.25) is 0 Å². The molecule has 1 aliphatic heterocycles. The molecule has 1 N–H and O–H groups in total. The molecule has 0 bridgehead atoms. The maximum atomic E-state index is 12.2. The normalized spacial score (nSPS) is 24.6. The molecule has 86 valence electrons. The Balaban J connectivity index is 2.07. The van der Waals surface area contributed by atoms with Crippen LogP contribution in [0.15, 0.2) is 24.3 Å². The minimum atomic E-state index is -0.288. The molecule has 0 amide bonds. The topological polar surface area (TPSA) is 29.1 Å². The Morgan fingerprint density at radius 1 is 1.50 bits per heavy atom. The highest BCUT2D eigenvalue weighted by atomic mass is 16.1. The van der Waals surface area contributed by atoms with Gasteiger partial charge in [0.15, 0.2) is 5.78 Å². The Morgan fingerprint density at radius 3 is 2.94 bits per heavy atom. The Kier molecular flexibility index (Phi) is 3.10. The van der Waals surface area contributed by atoms with Crippen LogP contribution in [0.1, 0.15) is 30.9 Å². The molecule has 1 saturated heterocycles. The molecule has 16 heavy (non-hydrogen) atoms. The molecule has 1 aliphatic rings. The summed E-state index contributed by atoms with van der Waals surface area (Å²) in [7, 11) is 0. The van der Waals surface area contributed by atoms with Crippen molar-refractivity contribution in [2.45, 2.75) is 38.6 Å². The smallest absolute Gasteiger partial charge is 0.156 e. The van der Waals surface area contributed by atoms with Crippen molar-refractivity contribution < 1.29 is 4.79 Å². The summed E-state index contributed by atoms with van der Waals surface area (Å²) in [6.07, 6.45) is 2.62. The second-order valence-corrected chi connectivity index (χ2v) is 4.95. The van der Waals surface area contributed by atoms with Gasteiger partial charge in [-0.15, -0.1) is 0 Å². The van der Waals surface area contributed by atoms with Crippen LogP contribution < -0.4 is 5.32 Å². The van der Waals surface area contributed by atoms with Crippen LogP contribution >= 0.6 is 0 Å². The first-order valence-corrected chi connectivity index (χ1v) is 5.94. The second kappa shape index (κ2) is 4.38. The SMILES string of the molecule is Cc1cccc(CC(=O)C2(C)CCCN2)c1. The molecule has 2 nitrogen and oxygen atoms in total. The van der Waals surface area contributed by atoms with Gasteiger partial charge in [-0.2, -0.15) is 0 Å². The van der Waals surface area contributed by atoms with E-state index in [1.807, 2.05) is 19.1 Å². The van der Waals surface area contributed by atoms with E-state index in [2.05, 4.69) is 24.4 Å². The van der Waals surface area contributed by atoms with Gasteiger partial charge in [0.25, 0.3) is 0 Å². The van der Waals surface area contributed by atoms with Gasteiger partial charge in [-0.05, 0) is 38.8 Å². The van der Waals surface area contributed by atoms with E-state index < -0.39 is 0 Å². The largest absolute Gasteiger partial charge is 0.305 e. The zero-order valence-corrected chi connectivity index (χ0v) is 10.0. The first-order chi connectivity index (χ1) is 7.60. The third-order valence-corrected chi connectivity index (χ3v) is 3.43. The molecule has 0 radical (unpaired) electrons. The molecular weight excluding hydrogens is 198 g/mol. The van der Waals surface area contributed by atoms with Crippen molar-refractivity contribution in [1.82, 2.24) is 5.32 Å². The molecule has 1 fully saturated rings. The molecule has 1 unspecified atom stereocenters. The quantitative estimate of drug-likeness (QED) is 0.841. The molecular formula is C14H19NO. The van der Waals surface area contributed by atoms with E-state index in [1.165, 1.54) is 5.56 Å². The predicted molar refractivity (Wildman–Crippen MR) is 65.5 cm³/mol. The standard InChI is InChI=1S/C14H19NO/c1-11-5-3-6-12(9-11)10-13(16)14(2)7-4-8-15-14/h3,5-6,9,15H,4,7-8,10H2,1-2H3. The average molecular weight is 217 g/mol. The van der Waals surface area contributed by atoms with E-state index in [1.54, 1.807) is 0 Å². The number of carbonyl (C=O) groups excluding carboxylic acids is 1. The van der Waals surface area contributed by atoms with Crippen molar-refractivity contribution in [2.75, 3.05) is 6.54 Å². The Hall–Kier alpha value is -1.15. The minimum Gasteiger partial charge on any atom is -0.305 e. The monoisotopic (exact) mass is 217 g/mol. The van der Waals surface area contributed by atoms with Crippen molar-refractivity contribution >= 4 is 5.78 Å². The van der Waals surface area contributed by atoms with Gasteiger partial charge >= 0.3 is 0 Å². The van der Waals surface area contributed by atoms with Gasteiger partial charge in [-0.25, -0.2) is 0 Å². The van der Waals surface area contributed by atoms with E-state index in [9.17, 15) is 4.79 Å². The summed E-state index contributed by atoms with van der Waals surface area (Å²) in [6.45, 7) is 5.05. The fourth-order valence-corrected chi connectivity index (χ4v) is 2.34. The Labute approximate surface area is 97.1 Å². The first kappa shape index (κ1) is 11.3. The van der Waals surface area contributed by atoms with Gasteiger partial charge in [-0.1, -0.05) is 29.8 Å². The Bertz CT molecular complexity index is 391. The molecule has 1 heterocycles. The van der Waals surface area contributed by atoms with Crippen LogP contribution in [0.25, 0.3) is 0 Å². The van der Waals surface area contributed by atoms with Crippen molar-refractivity contribution in [3.63, 3.8) is 0 Å². The maximum absolute atomic E-state index is 12.2. The molecule has 1 aromatic rings. The summed E-state index contributed by atoms with van der Waals surface area (Å²) in [5, 5.41) is 3.32. The van der Waals surface area contributed by atoms with Crippen LogP contribution in [0.3, 0.4) is 0 Å². The van der Waals surface area contributed by atoms with Crippen LogP contribution in [-0.2, 0) is 11.2 Å². The number of benzene rings is 1. The van der Waals surface area contributed by atoms with Crippen LogP contribution in [0.4, 0.5) is 0 Å². The molecule has 1 aromatic carbocycles.